The summed E-state index contributed by atoms with van der Waals surface area (Å²) in [7, 11) is 0. The molecule has 1 aliphatic heterocycles. The Labute approximate surface area is 229 Å². The van der Waals surface area contributed by atoms with Crippen LogP contribution in [0.4, 0.5) is 13.2 Å². The number of aryl methyl sites for hydroxylation is 1. The number of hydrogen-bond acceptors (Lipinski definition) is 5. The molecule has 1 aromatic heterocycles. The molecule has 38 heavy (non-hydrogen) atoms. The van der Waals surface area contributed by atoms with Crippen LogP contribution in [0, 0.1) is 36.0 Å². The number of esters is 1. The van der Waals surface area contributed by atoms with Crippen molar-refractivity contribution < 1.29 is 27.5 Å². The summed E-state index contributed by atoms with van der Waals surface area (Å²) in [4.78, 5) is 30.9. The summed E-state index contributed by atoms with van der Waals surface area (Å²) in [6.45, 7) is 15.1. The summed E-state index contributed by atoms with van der Waals surface area (Å²) in [5.74, 6) is -0.876. The first-order valence-corrected chi connectivity index (χ1v) is 14.2. The van der Waals surface area contributed by atoms with Crippen LogP contribution < -0.4 is 0 Å². The number of cyclic esters (lactones) is 1. The highest BCUT2D eigenvalue weighted by Gasteiger charge is 2.40. The Bertz CT molecular complexity index is 1070. The van der Waals surface area contributed by atoms with Crippen molar-refractivity contribution >= 4 is 29.2 Å². The molecule has 1 aromatic rings. The van der Waals surface area contributed by atoms with Gasteiger partial charge in [-0.15, -0.1) is 11.3 Å². The number of alkyl halides is 3. The van der Waals surface area contributed by atoms with Crippen molar-refractivity contribution in [2.45, 2.75) is 93.4 Å². The zero-order valence-corrected chi connectivity index (χ0v) is 24.6. The fraction of sp³-hybridized carbons (Fsp3) is 0.633. The number of nitrogens with zero attached hydrogens (tertiary/aromatic N) is 1. The van der Waals surface area contributed by atoms with Gasteiger partial charge in [-0.2, -0.15) is 13.2 Å². The van der Waals surface area contributed by atoms with Crippen LogP contribution in [-0.4, -0.2) is 29.0 Å². The van der Waals surface area contributed by atoms with Crippen LogP contribution in [-0.2, 0) is 14.3 Å². The number of aromatic nitrogens is 1. The lowest BCUT2D eigenvalue weighted by Gasteiger charge is -2.35. The molecule has 4 nitrogen and oxygen atoms in total. The predicted octanol–water partition coefficient (Wildman–Crippen LogP) is 8.53. The van der Waals surface area contributed by atoms with Crippen LogP contribution in [0.1, 0.15) is 84.9 Å². The summed E-state index contributed by atoms with van der Waals surface area (Å²) in [6, 6.07) is 0. The molecule has 0 bridgehead atoms. The summed E-state index contributed by atoms with van der Waals surface area (Å²) >= 11 is 1.46. The highest BCUT2D eigenvalue weighted by Crippen LogP contribution is 2.38. The number of Topliss-reactive ketones (excluding diaryl/α,β-unsaturated/α-hetero) is 1. The molecule has 0 saturated carbocycles. The number of halogens is 3. The molecule has 5 atom stereocenters. The third-order valence-electron chi connectivity index (χ3n) is 8.19. The van der Waals surface area contributed by atoms with Gasteiger partial charge >= 0.3 is 12.1 Å². The minimum absolute atomic E-state index is 0.00756. The van der Waals surface area contributed by atoms with Gasteiger partial charge in [-0.1, -0.05) is 59.8 Å². The summed E-state index contributed by atoms with van der Waals surface area (Å²) in [5.41, 5.74) is -0.160. The lowest BCUT2D eigenvalue weighted by atomic mass is 9.67. The fourth-order valence-electron chi connectivity index (χ4n) is 4.67. The van der Waals surface area contributed by atoms with E-state index in [9.17, 15) is 22.8 Å². The molecular formula is C30H42F3NO3S. The van der Waals surface area contributed by atoms with Crippen molar-refractivity contribution in [1.29, 1.82) is 0 Å². The maximum Gasteiger partial charge on any atom is 0.412 e. The number of thiazole rings is 1. The normalized spacial score (nSPS) is 31.2. The van der Waals surface area contributed by atoms with E-state index in [-0.39, 0.29) is 48.7 Å². The third-order valence-corrected chi connectivity index (χ3v) is 8.98. The van der Waals surface area contributed by atoms with Crippen molar-refractivity contribution in [1.82, 2.24) is 4.98 Å². The zero-order chi connectivity index (χ0) is 28.8. The standard InChI is InChI=1S/C30H42F3NO3S/c1-18-11-9-10-12-24(30(31,32)33)13-14-26(19(2)15-25-17-38-23(6)34-25)37-27(35)16-20(3)29(7,8)28(36)22(5)21(18)4/h9-10,13,15,17-18,20-22,26H,11-12,14,16H2,1-8H3/b10-9+,19-15+,24-13+/t18-,20-,21-,22+,26-/m0/s1. The van der Waals surface area contributed by atoms with E-state index >= 15 is 0 Å². The molecule has 1 aliphatic rings. The van der Waals surface area contributed by atoms with Crippen LogP contribution >= 0.6 is 11.3 Å². The van der Waals surface area contributed by atoms with E-state index in [2.05, 4.69) is 4.98 Å². The smallest absolute Gasteiger partial charge is 0.412 e. The summed E-state index contributed by atoms with van der Waals surface area (Å²) < 4.78 is 47.3. The predicted molar refractivity (Wildman–Crippen MR) is 148 cm³/mol. The van der Waals surface area contributed by atoms with Crippen LogP contribution in [0.15, 0.2) is 34.8 Å². The first kappa shape index (κ1) is 32.0. The van der Waals surface area contributed by atoms with Gasteiger partial charge in [-0.25, -0.2) is 4.98 Å². The van der Waals surface area contributed by atoms with E-state index in [1.165, 1.54) is 11.3 Å². The molecule has 0 N–H and O–H groups in total. The second-order valence-electron chi connectivity index (χ2n) is 11.3. The van der Waals surface area contributed by atoms with Gasteiger partial charge in [0, 0.05) is 35.1 Å². The summed E-state index contributed by atoms with van der Waals surface area (Å²) in [6.07, 6.45) is 1.01. The number of ketones is 1. The van der Waals surface area contributed by atoms with Gasteiger partial charge in [0.25, 0.3) is 0 Å². The average Bonchev–Trinajstić information content (AvgIpc) is 3.23. The highest BCUT2D eigenvalue weighted by atomic mass is 32.1. The first-order valence-electron chi connectivity index (χ1n) is 13.3. The van der Waals surface area contributed by atoms with Crippen molar-refractivity contribution in [3.8, 4) is 0 Å². The number of rotatable bonds is 2. The minimum Gasteiger partial charge on any atom is -0.457 e. The Hall–Kier alpha value is -2.22. The number of ether oxygens (including phenoxy) is 1. The quantitative estimate of drug-likeness (QED) is 0.272. The van der Waals surface area contributed by atoms with E-state index in [1.807, 2.05) is 53.8 Å². The molecule has 0 radical (unpaired) electrons. The van der Waals surface area contributed by atoms with Crippen molar-refractivity contribution in [3.05, 3.63) is 45.5 Å². The Morgan fingerprint density at radius 1 is 1.13 bits per heavy atom. The van der Waals surface area contributed by atoms with Crippen molar-refractivity contribution in [2.24, 2.45) is 29.1 Å². The van der Waals surface area contributed by atoms with E-state index in [4.69, 9.17) is 4.74 Å². The Morgan fingerprint density at radius 3 is 2.37 bits per heavy atom. The minimum atomic E-state index is -4.50. The lowest BCUT2D eigenvalue weighted by Crippen LogP contribution is -2.40. The fourth-order valence-corrected chi connectivity index (χ4v) is 5.24. The third kappa shape index (κ3) is 8.65. The number of carbonyl (C=O) groups is 2. The molecular weight excluding hydrogens is 511 g/mol. The largest absolute Gasteiger partial charge is 0.457 e. The molecule has 8 heteroatoms. The maximum absolute atomic E-state index is 13.8. The highest BCUT2D eigenvalue weighted by molar-refractivity contribution is 7.09. The van der Waals surface area contributed by atoms with Crippen LogP contribution in [0.3, 0.4) is 0 Å². The first-order chi connectivity index (χ1) is 17.5. The van der Waals surface area contributed by atoms with Gasteiger partial charge in [-0.3, -0.25) is 9.59 Å². The van der Waals surface area contributed by atoms with Gasteiger partial charge in [0.15, 0.2) is 0 Å². The molecule has 0 saturated heterocycles. The van der Waals surface area contributed by atoms with Gasteiger partial charge in [0.2, 0.25) is 0 Å². The molecule has 212 valence electrons. The Morgan fingerprint density at radius 2 is 1.79 bits per heavy atom. The van der Waals surface area contributed by atoms with Crippen molar-refractivity contribution in [2.75, 3.05) is 0 Å². The molecule has 2 heterocycles. The topological polar surface area (TPSA) is 56.3 Å². The van der Waals surface area contributed by atoms with Gasteiger partial charge in [0.1, 0.15) is 11.9 Å². The number of allylic oxidation sites excluding steroid dienone is 3. The van der Waals surface area contributed by atoms with Crippen LogP contribution in [0.5, 0.6) is 0 Å². The molecule has 0 aliphatic carbocycles. The second-order valence-corrected chi connectivity index (χ2v) is 12.4. The van der Waals surface area contributed by atoms with Crippen LogP contribution in [0.2, 0.25) is 0 Å². The zero-order valence-electron chi connectivity index (χ0n) is 23.8. The van der Waals surface area contributed by atoms with E-state index in [0.29, 0.717) is 17.7 Å². The molecule has 0 unspecified atom stereocenters. The molecule has 2 rings (SSSR count). The number of hydrogen-bond donors (Lipinski definition) is 0. The average molecular weight is 554 g/mol. The number of carbonyl (C=O) groups excluding carboxylic acids is 2. The van der Waals surface area contributed by atoms with Gasteiger partial charge in [0.05, 0.1) is 10.7 Å². The van der Waals surface area contributed by atoms with Crippen LogP contribution in [0.25, 0.3) is 6.08 Å². The SMILES string of the molecule is C/C(=C\c1csc(C)n1)[C@@H]1C/C=C(/C(F)(F)F)C/C=C/C[C@H](C)[C@H](C)[C@@H](C)C(=O)C(C)(C)[C@@H](C)CC(=O)O1. The summed E-state index contributed by atoms with van der Waals surface area (Å²) in [5, 5.41) is 2.71. The molecule has 0 spiro atoms. The van der Waals surface area contributed by atoms with Gasteiger partial charge in [-0.05, 0) is 56.1 Å². The Balaban J connectivity index is 2.47. The maximum atomic E-state index is 13.8. The van der Waals surface area contributed by atoms with E-state index in [0.717, 1.165) is 11.1 Å². The molecule has 0 fully saturated rings. The van der Waals surface area contributed by atoms with E-state index < -0.39 is 29.2 Å². The van der Waals surface area contributed by atoms with Gasteiger partial charge < -0.3 is 4.74 Å². The molecule has 0 aromatic carbocycles. The monoisotopic (exact) mass is 553 g/mol. The lowest BCUT2D eigenvalue weighted by molar-refractivity contribution is -0.150. The Kier molecular flexibility index (Phi) is 11.1. The molecule has 0 amide bonds. The van der Waals surface area contributed by atoms with E-state index in [1.54, 1.807) is 25.2 Å². The second kappa shape index (κ2) is 13.2. The van der Waals surface area contributed by atoms with Crippen molar-refractivity contribution in [3.63, 3.8) is 0 Å².